The normalized spacial score (nSPS) is 33.2. The van der Waals surface area contributed by atoms with E-state index in [1.54, 1.807) is 0 Å². The first-order valence-corrected chi connectivity index (χ1v) is 5.49. The van der Waals surface area contributed by atoms with Gasteiger partial charge in [-0.25, -0.2) is 0 Å². The molecule has 0 aromatic heterocycles. The predicted octanol–water partition coefficient (Wildman–Crippen LogP) is 2.94. The van der Waals surface area contributed by atoms with E-state index in [1.165, 1.54) is 38.5 Å². The molecule has 2 N–H and O–H groups in total. The summed E-state index contributed by atoms with van der Waals surface area (Å²) in [6, 6.07) is 0.503. The summed E-state index contributed by atoms with van der Waals surface area (Å²) >= 11 is 0. The van der Waals surface area contributed by atoms with Crippen molar-refractivity contribution in [3.8, 4) is 0 Å². The predicted molar refractivity (Wildman–Crippen MR) is 54.0 cm³/mol. The van der Waals surface area contributed by atoms with Crippen molar-refractivity contribution in [2.45, 2.75) is 58.4 Å². The van der Waals surface area contributed by atoms with Crippen LogP contribution in [0.15, 0.2) is 0 Å². The molecule has 1 heteroatoms. The summed E-state index contributed by atoms with van der Waals surface area (Å²) in [7, 11) is 0. The molecule has 72 valence electrons. The molecule has 0 radical (unpaired) electrons. The van der Waals surface area contributed by atoms with Crippen LogP contribution in [-0.2, 0) is 0 Å². The van der Waals surface area contributed by atoms with E-state index in [4.69, 9.17) is 5.73 Å². The van der Waals surface area contributed by atoms with Crippen LogP contribution in [-0.4, -0.2) is 6.04 Å². The Labute approximate surface area is 76.7 Å². The summed E-state index contributed by atoms with van der Waals surface area (Å²) in [5.41, 5.74) is 5.96. The average molecular weight is 169 g/mol. The topological polar surface area (TPSA) is 26.0 Å². The van der Waals surface area contributed by atoms with E-state index >= 15 is 0 Å². The van der Waals surface area contributed by atoms with Gasteiger partial charge in [0.15, 0.2) is 0 Å². The van der Waals surface area contributed by atoms with Crippen LogP contribution >= 0.6 is 0 Å². The van der Waals surface area contributed by atoms with Crippen molar-refractivity contribution in [1.82, 2.24) is 0 Å². The molecule has 0 saturated heterocycles. The molecule has 1 fully saturated rings. The Hall–Kier alpha value is -0.0400. The van der Waals surface area contributed by atoms with E-state index in [-0.39, 0.29) is 0 Å². The van der Waals surface area contributed by atoms with Crippen molar-refractivity contribution >= 4 is 0 Å². The van der Waals surface area contributed by atoms with Crippen molar-refractivity contribution < 1.29 is 0 Å². The van der Waals surface area contributed by atoms with E-state index in [2.05, 4.69) is 13.8 Å². The van der Waals surface area contributed by atoms with Crippen molar-refractivity contribution in [3.63, 3.8) is 0 Å². The van der Waals surface area contributed by atoms with Crippen molar-refractivity contribution in [1.29, 1.82) is 0 Å². The van der Waals surface area contributed by atoms with Gasteiger partial charge in [0.1, 0.15) is 0 Å². The minimum Gasteiger partial charge on any atom is -0.328 e. The van der Waals surface area contributed by atoms with Crippen molar-refractivity contribution in [2.75, 3.05) is 0 Å². The third kappa shape index (κ3) is 2.78. The van der Waals surface area contributed by atoms with Gasteiger partial charge in [0.2, 0.25) is 0 Å². The minimum atomic E-state index is 0.503. The highest BCUT2D eigenvalue weighted by Gasteiger charge is 2.23. The molecule has 0 aromatic carbocycles. The van der Waals surface area contributed by atoms with E-state index in [0.29, 0.717) is 6.04 Å². The zero-order chi connectivity index (χ0) is 8.97. The molecule has 0 amide bonds. The zero-order valence-corrected chi connectivity index (χ0v) is 8.55. The Balaban J connectivity index is 2.29. The molecule has 3 atom stereocenters. The van der Waals surface area contributed by atoms with Gasteiger partial charge in [-0.15, -0.1) is 0 Å². The van der Waals surface area contributed by atoms with Gasteiger partial charge in [0.25, 0.3) is 0 Å². The fraction of sp³-hybridized carbons (Fsp3) is 1.00. The molecule has 1 aliphatic rings. The molecule has 1 saturated carbocycles. The molecule has 0 bridgehead atoms. The van der Waals surface area contributed by atoms with Crippen LogP contribution in [0.2, 0.25) is 0 Å². The molecular formula is C11H23N. The van der Waals surface area contributed by atoms with E-state index < -0.39 is 0 Å². The molecule has 0 aromatic rings. The Bertz CT molecular complexity index is 122. The molecular weight excluding hydrogens is 146 g/mol. The lowest BCUT2D eigenvalue weighted by Crippen LogP contribution is -2.30. The maximum Gasteiger partial charge on any atom is 0.00415 e. The van der Waals surface area contributed by atoms with E-state index in [9.17, 15) is 0 Å². The molecule has 3 unspecified atom stereocenters. The Morgan fingerprint density at radius 2 is 2.17 bits per heavy atom. The van der Waals surface area contributed by atoms with Crippen LogP contribution in [0.3, 0.4) is 0 Å². The van der Waals surface area contributed by atoms with Gasteiger partial charge in [-0.3, -0.25) is 0 Å². The molecule has 0 aliphatic heterocycles. The molecule has 1 nitrogen and oxygen atoms in total. The van der Waals surface area contributed by atoms with E-state index in [0.717, 1.165) is 11.8 Å². The van der Waals surface area contributed by atoms with Crippen LogP contribution in [0.25, 0.3) is 0 Å². The second-order valence-electron chi connectivity index (χ2n) is 4.45. The number of hydrogen-bond donors (Lipinski definition) is 1. The standard InChI is InChI=1S/C11H23N/c1-3-5-9(2)10-6-4-7-11(12)8-10/h9-11H,3-8,12H2,1-2H3. The van der Waals surface area contributed by atoms with Crippen LogP contribution < -0.4 is 5.73 Å². The Kier molecular flexibility index (Phi) is 4.07. The maximum atomic E-state index is 5.96. The quantitative estimate of drug-likeness (QED) is 0.690. The van der Waals surface area contributed by atoms with Crippen LogP contribution in [0.1, 0.15) is 52.4 Å². The summed E-state index contributed by atoms with van der Waals surface area (Å²) in [6.07, 6.45) is 8.04. The van der Waals surface area contributed by atoms with Crippen LogP contribution in [0.4, 0.5) is 0 Å². The fourth-order valence-corrected chi connectivity index (χ4v) is 2.47. The van der Waals surface area contributed by atoms with Gasteiger partial charge in [-0.2, -0.15) is 0 Å². The minimum absolute atomic E-state index is 0.503. The largest absolute Gasteiger partial charge is 0.328 e. The van der Waals surface area contributed by atoms with Crippen LogP contribution in [0.5, 0.6) is 0 Å². The first kappa shape index (κ1) is 10.0. The molecule has 0 heterocycles. The number of hydrogen-bond acceptors (Lipinski definition) is 1. The summed E-state index contributed by atoms with van der Waals surface area (Å²) in [4.78, 5) is 0. The Morgan fingerprint density at radius 1 is 1.42 bits per heavy atom. The molecule has 0 spiro atoms. The fourth-order valence-electron chi connectivity index (χ4n) is 2.47. The van der Waals surface area contributed by atoms with Gasteiger partial charge >= 0.3 is 0 Å². The van der Waals surface area contributed by atoms with Gasteiger partial charge in [-0.1, -0.05) is 39.5 Å². The van der Waals surface area contributed by atoms with Gasteiger partial charge in [0.05, 0.1) is 0 Å². The zero-order valence-electron chi connectivity index (χ0n) is 8.55. The van der Waals surface area contributed by atoms with Gasteiger partial charge in [-0.05, 0) is 24.7 Å². The highest BCUT2D eigenvalue weighted by molar-refractivity contribution is 4.78. The lowest BCUT2D eigenvalue weighted by atomic mass is 9.77. The lowest BCUT2D eigenvalue weighted by Gasteiger charge is -2.31. The first-order chi connectivity index (χ1) is 5.74. The molecule has 12 heavy (non-hydrogen) atoms. The molecule has 1 aliphatic carbocycles. The average Bonchev–Trinajstić information content (AvgIpc) is 2.05. The lowest BCUT2D eigenvalue weighted by molar-refractivity contribution is 0.232. The third-order valence-corrected chi connectivity index (χ3v) is 3.30. The Morgan fingerprint density at radius 3 is 2.75 bits per heavy atom. The second kappa shape index (κ2) is 4.86. The van der Waals surface area contributed by atoms with Crippen LogP contribution in [0, 0.1) is 11.8 Å². The summed E-state index contributed by atoms with van der Waals surface area (Å²) in [5, 5.41) is 0. The first-order valence-electron chi connectivity index (χ1n) is 5.49. The summed E-state index contributed by atoms with van der Waals surface area (Å²) < 4.78 is 0. The van der Waals surface area contributed by atoms with Crippen molar-refractivity contribution in [2.24, 2.45) is 17.6 Å². The van der Waals surface area contributed by atoms with Gasteiger partial charge in [0, 0.05) is 6.04 Å². The SMILES string of the molecule is CCCC(C)C1CCCC(N)C1. The number of rotatable bonds is 3. The highest BCUT2D eigenvalue weighted by Crippen LogP contribution is 2.31. The molecule has 1 rings (SSSR count). The monoisotopic (exact) mass is 169 g/mol. The highest BCUT2D eigenvalue weighted by atomic mass is 14.6. The maximum absolute atomic E-state index is 5.96. The van der Waals surface area contributed by atoms with E-state index in [1.807, 2.05) is 0 Å². The third-order valence-electron chi connectivity index (χ3n) is 3.30. The summed E-state index contributed by atoms with van der Waals surface area (Å²) in [5.74, 6) is 1.83. The number of nitrogens with two attached hydrogens (primary N) is 1. The smallest absolute Gasteiger partial charge is 0.00415 e. The van der Waals surface area contributed by atoms with Crippen molar-refractivity contribution in [3.05, 3.63) is 0 Å². The second-order valence-corrected chi connectivity index (χ2v) is 4.45. The summed E-state index contributed by atoms with van der Waals surface area (Å²) in [6.45, 7) is 4.67. The van der Waals surface area contributed by atoms with Gasteiger partial charge < -0.3 is 5.73 Å².